The first kappa shape index (κ1) is 16.3. The summed E-state index contributed by atoms with van der Waals surface area (Å²) in [6.07, 6.45) is 0. The molecule has 1 aromatic heterocycles. The van der Waals surface area contributed by atoms with Crippen LogP contribution in [0, 0.1) is 0 Å². The molecular weight excluding hydrogens is 344 g/mol. The summed E-state index contributed by atoms with van der Waals surface area (Å²) in [4.78, 5) is 17.8. The van der Waals surface area contributed by atoms with E-state index in [2.05, 4.69) is 0 Å². The van der Waals surface area contributed by atoms with E-state index < -0.39 is 0 Å². The lowest BCUT2D eigenvalue weighted by Crippen LogP contribution is -2.21. The van der Waals surface area contributed by atoms with Gasteiger partial charge in [0, 0.05) is 17.2 Å². The van der Waals surface area contributed by atoms with Crippen LogP contribution in [0.25, 0.3) is 28.3 Å². The van der Waals surface area contributed by atoms with Crippen LogP contribution in [-0.4, -0.2) is 9.55 Å². The molecule has 0 spiro atoms. The molecule has 0 saturated heterocycles. The summed E-state index contributed by atoms with van der Waals surface area (Å²) < 4.78 is 1.56. The molecule has 126 valence electrons. The van der Waals surface area contributed by atoms with Gasteiger partial charge in [-0.15, -0.1) is 0 Å². The van der Waals surface area contributed by atoms with Crippen molar-refractivity contribution >= 4 is 11.6 Å². The molecule has 0 atom stereocenters. The SMILES string of the molecule is O=c1cc(-c2ccccc2)nc(-c2ccccc2)n1-c1ccccc1Cl. The fourth-order valence-corrected chi connectivity index (χ4v) is 3.11. The number of hydrogen-bond acceptors (Lipinski definition) is 2. The normalized spacial score (nSPS) is 10.7. The predicted octanol–water partition coefficient (Wildman–Crippen LogP) is 5.22. The highest BCUT2D eigenvalue weighted by Gasteiger charge is 2.15. The third kappa shape index (κ3) is 3.05. The Morgan fingerprint density at radius 2 is 1.31 bits per heavy atom. The Hall–Kier alpha value is -3.17. The molecule has 3 aromatic carbocycles. The van der Waals surface area contributed by atoms with Gasteiger partial charge in [0.1, 0.15) is 5.82 Å². The maximum absolute atomic E-state index is 13.0. The highest BCUT2D eigenvalue weighted by atomic mass is 35.5. The molecule has 0 saturated carbocycles. The first-order chi connectivity index (χ1) is 12.7. The fourth-order valence-electron chi connectivity index (χ4n) is 2.89. The molecule has 0 N–H and O–H groups in total. The number of aromatic nitrogens is 2. The minimum absolute atomic E-state index is 0.175. The summed E-state index contributed by atoms with van der Waals surface area (Å²) in [5.74, 6) is 0.560. The number of rotatable bonds is 3. The number of benzene rings is 3. The zero-order chi connectivity index (χ0) is 17.9. The van der Waals surface area contributed by atoms with Crippen LogP contribution in [0.15, 0.2) is 95.8 Å². The van der Waals surface area contributed by atoms with Gasteiger partial charge in [0.15, 0.2) is 0 Å². The second kappa shape index (κ2) is 6.98. The predicted molar refractivity (Wildman–Crippen MR) is 106 cm³/mol. The summed E-state index contributed by atoms with van der Waals surface area (Å²) in [6, 6.07) is 28.2. The van der Waals surface area contributed by atoms with Crippen molar-refractivity contribution in [3.8, 4) is 28.3 Å². The molecule has 4 rings (SSSR count). The van der Waals surface area contributed by atoms with E-state index in [1.807, 2.05) is 78.9 Å². The minimum atomic E-state index is -0.175. The average Bonchev–Trinajstić information content (AvgIpc) is 2.69. The van der Waals surface area contributed by atoms with Gasteiger partial charge in [-0.2, -0.15) is 0 Å². The van der Waals surface area contributed by atoms with E-state index in [9.17, 15) is 4.79 Å². The van der Waals surface area contributed by atoms with Gasteiger partial charge in [-0.1, -0.05) is 84.4 Å². The van der Waals surface area contributed by atoms with Gasteiger partial charge in [0.2, 0.25) is 0 Å². The zero-order valence-corrected chi connectivity index (χ0v) is 14.6. The van der Waals surface area contributed by atoms with Crippen LogP contribution in [0.1, 0.15) is 0 Å². The van der Waals surface area contributed by atoms with E-state index in [1.165, 1.54) is 0 Å². The van der Waals surface area contributed by atoms with Crippen molar-refractivity contribution in [2.45, 2.75) is 0 Å². The molecule has 0 aliphatic carbocycles. The first-order valence-electron chi connectivity index (χ1n) is 8.24. The highest BCUT2D eigenvalue weighted by Crippen LogP contribution is 2.26. The molecule has 0 aliphatic rings. The molecular formula is C22H15ClN2O. The van der Waals surface area contributed by atoms with E-state index in [0.717, 1.165) is 11.1 Å². The molecule has 4 heteroatoms. The Labute approximate surface area is 156 Å². The molecule has 0 aliphatic heterocycles. The van der Waals surface area contributed by atoms with Crippen LogP contribution < -0.4 is 5.56 Å². The van der Waals surface area contributed by atoms with E-state index >= 15 is 0 Å². The van der Waals surface area contributed by atoms with Crippen LogP contribution in [0.3, 0.4) is 0 Å². The van der Waals surface area contributed by atoms with Crippen molar-refractivity contribution in [1.82, 2.24) is 9.55 Å². The topological polar surface area (TPSA) is 34.9 Å². The van der Waals surface area contributed by atoms with Crippen LogP contribution in [0.4, 0.5) is 0 Å². The summed E-state index contributed by atoms with van der Waals surface area (Å²) in [5, 5.41) is 0.501. The number of hydrogen-bond donors (Lipinski definition) is 0. The smallest absolute Gasteiger partial charge is 0.258 e. The van der Waals surface area contributed by atoms with E-state index in [1.54, 1.807) is 16.7 Å². The number of nitrogens with zero attached hydrogens (tertiary/aromatic N) is 2. The second-order valence-corrected chi connectivity index (χ2v) is 6.23. The monoisotopic (exact) mass is 358 g/mol. The first-order valence-corrected chi connectivity index (χ1v) is 8.62. The molecule has 3 nitrogen and oxygen atoms in total. The Kier molecular flexibility index (Phi) is 4.38. The summed E-state index contributed by atoms with van der Waals surface area (Å²) in [5.41, 5.74) is 2.82. The van der Waals surface area contributed by atoms with E-state index in [4.69, 9.17) is 16.6 Å². The Bertz CT molecular complexity index is 1110. The molecule has 1 heterocycles. The Morgan fingerprint density at radius 3 is 1.96 bits per heavy atom. The molecule has 4 aromatic rings. The summed E-state index contributed by atoms with van der Waals surface area (Å²) in [6.45, 7) is 0. The van der Waals surface area contributed by atoms with Gasteiger partial charge in [0.05, 0.1) is 16.4 Å². The standard InChI is InChI=1S/C22H15ClN2O/c23-18-13-7-8-14-20(18)25-21(26)15-19(16-9-3-1-4-10-16)24-22(25)17-11-5-2-6-12-17/h1-15H. The molecule has 0 radical (unpaired) electrons. The maximum Gasteiger partial charge on any atom is 0.258 e. The summed E-state index contributed by atoms with van der Waals surface area (Å²) in [7, 11) is 0. The van der Waals surface area contributed by atoms with Gasteiger partial charge in [-0.05, 0) is 12.1 Å². The van der Waals surface area contributed by atoms with Crippen molar-refractivity contribution in [3.63, 3.8) is 0 Å². The molecule has 0 fully saturated rings. The van der Waals surface area contributed by atoms with Crippen LogP contribution in [-0.2, 0) is 0 Å². The number of halogens is 1. The number of para-hydroxylation sites is 1. The Balaban J connectivity index is 2.03. The molecule has 0 unspecified atom stereocenters. The fraction of sp³-hybridized carbons (Fsp3) is 0. The summed E-state index contributed by atoms with van der Waals surface area (Å²) >= 11 is 6.36. The third-order valence-corrected chi connectivity index (χ3v) is 4.43. The van der Waals surface area contributed by atoms with Gasteiger partial charge in [0.25, 0.3) is 5.56 Å². The third-order valence-electron chi connectivity index (χ3n) is 4.11. The van der Waals surface area contributed by atoms with Crippen molar-refractivity contribution in [3.05, 3.63) is 106 Å². The van der Waals surface area contributed by atoms with Crippen LogP contribution in [0.5, 0.6) is 0 Å². The second-order valence-electron chi connectivity index (χ2n) is 5.82. The molecule has 26 heavy (non-hydrogen) atoms. The van der Waals surface area contributed by atoms with Crippen molar-refractivity contribution < 1.29 is 0 Å². The van der Waals surface area contributed by atoms with Crippen molar-refractivity contribution in [2.75, 3.05) is 0 Å². The van der Waals surface area contributed by atoms with Gasteiger partial charge in [-0.25, -0.2) is 4.98 Å². The Morgan fingerprint density at radius 1 is 0.731 bits per heavy atom. The van der Waals surface area contributed by atoms with Gasteiger partial charge in [-0.3, -0.25) is 9.36 Å². The lowest BCUT2D eigenvalue weighted by Gasteiger charge is -2.15. The highest BCUT2D eigenvalue weighted by molar-refractivity contribution is 6.32. The minimum Gasteiger partial charge on any atom is -0.269 e. The zero-order valence-electron chi connectivity index (χ0n) is 13.8. The lowest BCUT2D eigenvalue weighted by atomic mass is 10.1. The molecule has 0 amide bonds. The van der Waals surface area contributed by atoms with E-state index in [-0.39, 0.29) is 5.56 Å². The average molecular weight is 359 g/mol. The quantitative estimate of drug-likeness (QED) is 0.503. The van der Waals surface area contributed by atoms with Crippen LogP contribution >= 0.6 is 11.6 Å². The lowest BCUT2D eigenvalue weighted by molar-refractivity contribution is 0.952. The van der Waals surface area contributed by atoms with Crippen LogP contribution in [0.2, 0.25) is 5.02 Å². The van der Waals surface area contributed by atoms with Gasteiger partial charge >= 0.3 is 0 Å². The van der Waals surface area contributed by atoms with Gasteiger partial charge < -0.3 is 0 Å². The maximum atomic E-state index is 13.0. The van der Waals surface area contributed by atoms with Crippen molar-refractivity contribution in [1.29, 1.82) is 0 Å². The van der Waals surface area contributed by atoms with E-state index in [0.29, 0.717) is 22.2 Å². The molecule has 0 bridgehead atoms. The van der Waals surface area contributed by atoms with Crippen molar-refractivity contribution in [2.24, 2.45) is 0 Å². The largest absolute Gasteiger partial charge is 0.269 e.